The second-order valence-corrected chi connectivity index (χ2v) is 7.47. The summed E-state index contributed by atoms with van der Waals surface area (Å²) in [4.78, 5) is 4.21. The number of nitrogens with zero attached hydrogens (tertiary/aromatic N) is 1. The number of benzene rings is 2. The van der Waals surface area contributed by atoms with Gasteiger partial charge < -0.3 is 10.1 Å². The van der Waals surface area contributed by atoms with Crippen molar-refractivity contribution in [1.29, 1.82) is 0 Å². The van der Waals surface area contributed by atoms with Crippen LogP contribution in [0.2, 0.25) is 10.0 Å². The van der Waals surface area contributed by atoms with E-state index in [0.717, 1.165) is 17.7 Å². The molecular formula is C23H25Cl2FN2O. The van der Waals surface area contributed by atoms with Crippen molar-refractivity contribution < 1.29 is 9.13 Å². The van der Waals surface area contributed by atoms with Crippen molar-refractivity contribution in [3.05, 3.63) is 81.5 Å². The maximum atomic E-state index is 14.0. The van der Waals surface area contributed by atoms with Gasteiger partial charge >= 0.3 is 0 Å². The lowest BCUT2D eigenvalue weighted by molar-refractivity contribution is 0.00858. The van der Waals surface area contributed by atoms with Crippen LogP contribution in [-0.4, -0.2) is 20.1 Å². The van der Waals surface area contributed by atoms with Gasteiger partial charge in [0.25, 0.3) is 0 Å². The molecule has 0 amide bonds. The number of methoxy groups -OCH3 is 1. The summed E-state index contributed by atoms with van der Waals surface area (Å²) in [5.74, 6) is 0. The lowest BCUT2D eigenvalue weighted by Gasteiger charge is -2.27. The molecule has 0 aromatic heterocycles. The minimum absolute atomic E-state index is 0.428. The van der Waals surface area contributed by atoms with Gasteiger partial charge in [0.15, 0.2) is 0 Å². The predicted octanol–water partition coefficient (Wildman–Crippen LogP) is 7.27. The van der Waals surface area contributed by atoms with E-state index < -0.39 is 12.3 Å². The van der Waals surface area contributed by atoms with Crippen LogP contribution in [0, 0.1) is 0 Å². The molecule has 2 aromatic carbocycles. The Kier molecular flexibility index (Phi) is 8.90. The van der Waals surface area contributed by atoms with Crippen LogP contribution in [-0.2, 0) is 10.3 Å². The molecular weight excluding hydrogens is 410 g/mol. The quantitative estimate of drug-likeness (QED) is 0.332. The molecule has 0 fully saturated rings. The average Bonchev–Trinajstić information content (AvgIpc) is 2.72. The highest BCUT2D eigenvalue weighted by Gasteiger charge is 2.30. The fourth-order valence-corrected chi connectivity index (χ4v) is 3.07. The van der Waals surface area contributed by atoms with Gasteiger partial charge in [-0.3, -0.25) is 0 Å². The van der Waals surface area contributed by atoms with Crippen LogP contribution in [0.3, 0.4) is 0 Å². The van der Waals surface area contributed by atoms with Crippen molar-refractivity contribution in [2.75, 3.05) is 19.1 Å². The van der Waals surface area contributed by atoms with E-state index in [1.807, 2.05) is 43.5 Å². The number of anilines is 1. The first kappa shape index (κ1) is 23.1. The molecule has 6 heteroatoms. The van der Waals surface area contributed by atoms with Gasteiger partial charge in [-0.25, -0.2) is 9.38 Å². The summed E-state index contributed by atoms with van der Waals surface area (Å²) in [6.45, 7) is 3.37. The molecule has 1 N–H and O–H groups in total. The molecule has 0 radical (unpaired) electrons. The van der Waals surface area contributed by atoms with Crippen molar-refractivity contribution in [2.24, 2.45) is 4.99 Å². The lowest BCUT2D eigenvalue weighted by atomic mass is 9.93. The third kappa shape index (κ3) is 6.70. The van der Waals surface area contributed by atoms with E-state index in [1.165, 1.54) is 12.7 Å². The van der Waals surface area contributed by atoms with Gasteiger partial charge in [-0.05, 0) is 60.9 Å². The van der Waals surface area contributed by atoms with Crippen molar-refractivity contribution in [2.45, 2.75) is 25.9 Å². The van der Waals surface area contributed by atoms with E-state index >= 15 is 0 Å². The van der Waals surface area contributed by atoms with Gasteiger partial charge in [0, 0.05) is 29.0 Å². The van der Waals surface area contributed by atoms with Gasteiger partial charge in [-0.2, -0.15) is 0 Å². The van der Waals surface area contributed by atoms with E-state index in [1.54, 1.807) is 30.6 Å². The summed E-state index contributed by atoms with van der Waals surface area (Å²) in [6.07, 6.45) is 7.93. The lowest BCUT2D eigenvalue weighted by Crippen LogP contribution is -2.28. The summed E-state index contributed by atoms with van der Waals surface area (Å²) < 4.78 is 19.5. The largest absolute Gasteiger partial charge is 0.367 e. The van der Waals surface area contributed by atoms with Gasteiger partial charge in [0.1, 0.15) is 12.3 Å². The molecule has 0 saturated carbocycles. The van der Waals surface area contributed by atoms with E-state index in [-0.39, 0.29) is 0 Å². The molecule has 0 heterocycles. The zero-order valence-electron chi connectivity index (χ0n) is 16.8. The molecule has 154 valence electrons. The van der Waals surface area contributed by atoms with E-state index in [4.69, 9.17) is 27.9 Å². The van der Waals surface area contributed by atoms with Crippen molar-refractivity contribution in [3.63, 3.8) is 0 Å². The SMILES string of the molecule is CCC(C)=CN=CNc1ccc(C=CC(CF)(OC)c2cc(Cl)cc(Cl)c2)cc1. The van der Waals surface area contributed by atoms with E-state index in [0.29, 0.717) is 15.6 Å². The average molecular weight is 435 g/mol. The Bertz CT molecular complexity index is 868. The molecule has 0 bridgehead atoms. The Balaban J connectivity index is 2.15. The maximum Gasteiger partial charge on any atom is 0.139 e. The molecule has 1 unspecified atom stereocenters. The number of rotatable bonds is 9. The van der Waals surface area contributed by atoms with Crippen LogP contribution in [0.5, 0.6) is 0 Å². The van der Waals surface area contributed by atoms with Crippen LogP contribution in [0.25, 0.3) is 6.08 Å². The minimum atomic E-state index is -1.26. The highest BCUT2D eigenvalue weighted by molar-refractivity contribution is 6.34. The second-order valence-electron chi connectivity index (χ2n) is 6.59. The Hall–Kier alpha value is -2.14. The second kappa shape index (κ2) is 11.1. The maximum absolute atomic E-state index is 14.0. The number of hydrogen-bond acceptors (Lipinski definition) is 2. The number of aliphatic imine (C=N–C) groups is 1. The Morgan fingerprint density at radius 3 is 2.38 bits per heavy atom. The summed E-state index contributed by atoms with van der Waals surface area (Å²) in [5.41, 5.74) is 2.30. The van der Waals surface area contributed by atoms with Gasteiger partial charge in [0.2, 0.25) is 0 Å². The zero-order valence-corrected chi connectivity index (χ0v) is 18.3. The Morgan fingerprint density at radius 1 is 1.17 bits per heavy atom. The fraction of sp³-hybridized carbons (Fsp3) is 0.261. The van der Waals surface area contributed by atoms with Crippen molar-refractivity contribution in [3.8, 4) is 0 Å². The first-order valence-corrected chi connectivity index (χ1v) is 9.99. The third-order valence-electron chi connectivity index (χ3n) is 4.53. The van der Waals surface area contributed by atoms with Gasteiger partial charge in [0.05, 0.1) is 6.34 Å². The highest BCUT2D eigenvalue weighted by Crippen LogP contribution is 2.33. The fourth-order valence-electron chi connectivity index (χ4n) is 2.55. The minimum Gasteiger partial charge on any atom is -0.367 e. The normalized spacial score (nSPS) is 14.5. The molecule has 3 nitrogen and oxygen atoms in total. The van der Waals surface area contributed by atoms with Gasteiger partial charge in [-0.1, -0.05) is 53.9 Å². The monoisotopic (exact) mass is 434 g/mol. The van der Waals surface area contributed by atoms with Crippen LogP contribution >= 0.6 is 23.2 Å². The molecule has 2 rings (SSSR count). The highest BCUT2D eigenvalue weighted by atomic mass is 35.5. The molecule has 29 heavy (non-hydrogen) atoms. The summed E-state index contributed by atoms with van der Waals surface area (Å²) in [6, 6.07) is 12.6. The van der Waals surface area contributed by atoms with Crippen LogP contribution < -0.4 is 5.32 Å². The predicted molar refractivity (Wildman–Crippen MR) is 123 cm³/mol. The van der Waals surface area contributed by atoms with Gasteiger partial charge in [-0.15, -0.1) is 0 Å². The Morgan fingerprint density at radius 2 is 1.83 bits per heavy atom. The van der Waals surface area contributed by atoms with Crippen molar-refractivity contribution in [1.82, 2.24) is 0 Å². The smallest absolute Gasteiger partial charge is 0.139 e. The molecule has 0 saturated heterocycles. The third-order valence-corrected chi connectivity index (χ3v) is 4.96. The summed E-state index contributed by atoms with van der Waals surface area (Å²) >= 11 is 12.1. The number of nitrogens with one attached hydrogen (secondary N) is 1. The number of ether oxygens (including phenoxy) is 1. The first-order valence-electron chi connectivity index (χ1n) is 9.23. The molecule has 1 atom stereocenters. The zero-order chi connectivity index (χ0) is 21.3. The van der Waals surface area contributed by atoms with Crippen LogP contribution in [0.4, 0.5) is 10.1 Å². The standard InChI is InChI=1S/C23H25Cl2FN2O/c1-4-17(2)14-27-16-28-22-7-5-18(6-8-22)9-10-23(15-26,29-3)19-11-20(24)13-21(25)12-19/h5-14,16H,4,15H2,1-3H3,(H,27,28). The Labute approximate surface area is 181 Å². The van der Waals surface area contributed by atoms with Crippen molar-refractivity contribution >= 4 is 41.3 Å². The number of allylic oxidation sites excluding steroid dienone is 1. The number of hydrogen-bond donors (Lipinski definition) is 1. The summed E-state index contributed by atoms with van der Waals surface area (Å²) in [5, 5.41) is 3.97. The number of halogens is 3. The molecule has 0 aliphatic carbocycles. The molecule has 0 spiro atoms. The van der Waals surface area contributed by atoms with Crippen LogP contribution in [0.15, 0.2) is 65.3 Å². The van der Waals surface area contributed by atoms with Crippen LogP contribution in [0.1, 0.15) is 31.4 Å². The first-order chi connectivity index (χ1) is 13.9. The van der Waals surface area contributed by atoms with E-state index in [2.05, 4.69) is 17.2 Å². The topological polar surface area (TPSA) is 33.6 Å². The molecule has 0 aliphatic heterocycles. The van der Waals surface area contributed by atoms with E-state index in [9.17, 15) is 4.39 Å². The molecule has 0 aliphatic rings. The number of alkyl halides is 1. The molecule has 2 aromatic rings. The summed E-state index contributed by atoms with van der Waals surface area (Å²) in [7, 11) is 1.46.